The lowest BCUT2D eigenvalue weighted by Crippen LogP contribution is -2.70. The quantitative estimate of drug-likeness (QED) is 0.0430. The highest BCUT2D eigenvalue weighted by molar-refractivity contribution is 5.73. The van der Waals surface area contributed by atoms with Gasteiger partial charge in [-0.2, -0.15) is 0 Å². The number of esters is 1. The van der Waals surface area contributed by atoms with Crippen molar-refractivity contribution in [2.45, 2.75) is 188 Å². The summed E-state index contributed by atoms with van der Waals surface area (Å²) < 4.78 is 52.4. The number of ether oxygens (including phenoxy) is 9. The third-order valence-corrected chi connectivity index (χ3v) is 10.8. The van der Waals surface area contributed by atoms with Crippen molar-refractivity contribution in [3.8, 4) is 0 Å². The molecule has 11 N–H and O–H groups in total. The highest BCUT2D eigenvalue weighted by Gasteiger charge is 2.56. The van der Waals surface area contributed by atoms with E-state index in [9.17, 15) is 60.7 Å². The van der Waals surface area contributed by atoms with Gasteiger partial charge in [-0.25, -0.2) is 0 Å². The summed E-state index contributed by atoms with van der Waals surface area (Å²) in [5.74, 6) is -0.891. The molecule has 4 aliphatic heterocycles. The predicted octanol–water partition coefficient (Wildman–Crippen LogP) is -4.62. The number of hydrogen-bond donors (Lipinski definition) is 11. The molecular formula is C36H63NO21. The summed E-state index contributed by atoms with van der Waals surface area (Å²) in [6.07, 6.45) is -25.7. The third-order valence-electron chi connectivity index (χ3n) is 10.8. The molecule has 0 aromatic heterocycles. The predicted molar refractivity (Wildman–Crippen MR) is 191 cm³/mol. The van der Waals surface area contributed by atoms with Crippen molar-refractivity contribution in [2.24, 2.45) is 0 Å². The molecule has 0 saturated carbocycles. The van der Waals surface area contributed by atoms with E-state index < -0.39 is 142 Å². The summed E-state index contributed by atoms with van der Waals surface area (Å²) in [7, 11) is 1.34. The maximum absolute atomic E-state index is 12.8. The summed E-state index contributed by atoms with van der Waals surface area (Å²) in [6.45, 7) is 2.46. The Labute approximate surface area is 335 Å². The maximum Gasteiger partial charge on any atom is 0.305 e. The van der Waals surface area contributed by atoms with Gasteiger partial charge in [0, 0.05) is 20.0 Å². The molecule has 58 heavy (non-hydrogen) atoms. The molecule has 4 rings (SSSR count). The van der Waals surface area contributed by atoms with E-state index in [2.05, 4.69) is 10.1 Å². The molecule has 0 unspecified atom stereocenters. The van der Waals surface area contributed by atoms with Gasteiger partial charge in [0.1, 0.15) is 85.4 Å². The molecule has 20 atom stereocenters. The van der Waals surface area contributed by atoms with Crippen LogP contribution in [0.2, 0.25) is 0 Å². The highest BCUT2D eigenvalue weighted by atomic mass is 16.8. The Balaban J connectivity index is 1.63. The standard InChI is InChI=1S/C36H63NO21/c1-15-22(42)25(45)28(48)34(52-15)56-30-19(14-39)55-33(51-12-10-8-6-5-7-9-11-20(41)50-4)21(37-17(3)40)31(30)57-36-32(27(47)24(44)18(13-38)54-36)58-35-29(49)26(46)23(43)16(2)53-35/h15-16,18-19,21-36,38-39,42-49H,5-14H2,1-4H3,(H,37,40)/t15-,16-,18+,19+,21+,22+,23-,24-,25+,26+,27-,28-,29+,30+,31+,32+,33+,34-,35-,36-/m0/s1. The van der Waals surface area contributed by atoms with Crippen molar-refractivity contribution >= 4 is 11.9 Å². The molecule has 0 bridgehead atoms. The van der Waals surface area contributed by atoms with Gasteiger partial charge in [-0.05, 0) is 26.7 Å². The number of hydrogen-bond acceptors (Lipinski definition) is 21. The van der Waals surface area contributed by atoms with E-state index in [1.807, 2.05) is 0 Å². The van der Waals surface area contributed by atoms with Crippen LogP contribution in [0.3, 0.4) is 0 Å². The Morgan fingerprint density at radius 3 is 1.59 bits per heavy atom. The summed E-state index contributed by atoms with van der Waals surface area (Å²) in [5, 5.41) is 109. The summed E-state index contributed by atoms with van der Waals surface area (Å²) in [5.41, 5.74) is 0. The van der Waals surface area contributed by atoms with Crippen LogP contribution < -0.4 is 5.32 Å². The second-order valence-corrected chi connectivity index (χ2v) is 15.1. The van der Waals surface area contributed by atoms with Crippen LogP contribution in [0.25, 0.3) is 0 Å². The molecule has 0 aromatic carbocycles. The monoisotopic (exact) mass is 845 g/mol. The fourth-order valence-corrected chi connectivity index (χ4v) is 7.31. The van der Waals surface area contributed by atoms with E-state index in [1.165, 1.54) is 27.9 Å². The molecule has 4 saturated heterocycles. The number of aliphatic hydroxyl groups excluding tert-OH is 10. The van der Waals surface area contributed by atoms with Gasteiger partial charge in [-0.15, -0.1) is 0 Å². The molecule has 1 amide bonds. The van der Waals surface area contributed by atoms with Gasteiger partial charge in [0.25, 0.3) is 0 Å². The number of nitrogens with one attached hydrogen (secondary N) is 1. The van der Waals surface area contributed by atoms with E-state index in [0.29, 0.717) is 19.3 Å². The van der Waals surface area contributed by atoms with Crippen molar-refractivity contribution in [2.75, 3.05) is 26.9 Å². The van der Waals surface area contributed by atoms with Gasteiger partial charge in [-0.3, -0.25) is 9.59 Å². The number of carbonyl (C=O) groups is 2. The van der Waals surface area contributed by atoms with Crippen molar-refractivity contribution in [3.05, 3.63) is 0 Å². The smallest absolute Gasteiger partial charge is 0.305 e. The maximum atomic E-state index is 12.8. The lowest BCUT2D eigenvalue weighted by molar-refractivity contribution is -0.391. The number of methoxy groups -OCH3 is 1. The fourth-order valence-electron chi connectivity index (χ4n) is 7.31. The van der Waals surface area contributed by atoms with Crippen LogP contribution in [0.15, 0.2) is 0 Å². The first kappa shape index (κ1) is 48.9. The van der Waals surface area contributed by atoms with E-state index in [0.717, 1.165) is 25.7 Å². The van der Waals surface area contributed by atoms with Crippen molar-refractivity contribution in [1.29, 1.82) is 0 Å². The van der Waals surface area contributed by atoms with E-state index in [4.69, 9.17) is 37.9 Å². The summed E-state index contributed by atoms with van der Waals surface area (Å²) >= 11 is 0. The summed E-state index contributed by atoms with van der Waals surface area (Å²) in [4.78, 5) is 24.1. The first-order valence-corrected chi connectivity index (χ1v) is 19.7. The Morgan fingerprint density at radius 2 is 1.05 bits per heavy atom. The zero-order valence-electron chi connectivity index (χ0n) is 33.1. The molecule has 0 radical (unpaired) electrons. The lowest BCUT2D eigenvalue weighted by atomic mass is 9.94. The fraction of sp³-hybridized carbons (Fsp3) is 0.944. The van der Waals surface area contributed by atoms with Gasteiger partial charge >= 0.3 is 5.97 Å². The second kappa shape index (κ2) is 22.9. The van der Waals surface area contributed by atoms with Crippen LogP contribution >= 0.6 is 0 Å². The zero-order chi connectivity index (χ0) is 42.8. The van der Waals surface area contributed by atoms with Gasteiger partial charge in [0.15, 0.2) is 25.2 Å². The van der Waals surface area contributed by atoms with Gasteiger partial charge < -0.3 is 99.0 Å². The molecule has 4 aliphatic rings. The molecule has 0 aromatic rings. The van der Waals surface area contributed by atoms with Gasteiger partial charge in [0.2, 0.25) is 5.91 Å². The van der Waals surface area contributed by atoms with Crippen LogP contribution in [0, 0.1) is 0 Å². The van der Waals surface area contributed by atoms with Crippen molar-refractivity contribution < 1.29 is 103 Å². The SMILES string of the molecule is COC(=O)CCCCCCCCO[C@@H]1O[C@H](CO)[C@@H](O[C@@H]2O[C@@H](C)[C@@H](O)[C@@H](O)[C@@H]2O)[C@H](O[C@@H]2O[C@H](CO)[C@H](O)[C@H](O)[C@H]2O[C@@H]2O[C@@H](C)[C@H](O)[C@@H](O)[C@H]2O)[C@H]1NC(C)=O. The van der Waals surface area contributed by atoms with Crippen LogP contribution in [-0.4, -0.2) is 213 Å². The number of unbranched alkanes of at least 4 members (excludes halogenated alkanes) is 5. The first-order chi connectivity index (χ1) is 27.5. The zero-order valence-corrected chi connectivity index (χ0v) is 33.1. The Bertz CT molecular complexity index is 1250. The van der Waals surface area contributed by atoms with Gasteiger partial charge in [0.05, 0.1) is 32.5 Å². The lowest BCUT2D eigenvalue weighted by Gasteiger charge is -2.51. The van der Waals surface area contributed by atoms with Crippen LogP contribution in [-0.2, 0) is 52.2 Å². The second-order valence-electron chi connectivity index (χ2n) is 15.1. The minimum atomic E-state index is -1.92. The minimum Gasteiger partial charge on any atom is -0.469 e. The first-order valence-electron chi connectivity index (χ1n) is 19.7. The van der Waals surface area contributed by atoms with Crippen LogP contribution in [0.1, 0.15) is 65.7 Å². The molecule has 22 heteroatoms. The molecule has 4 fully saturated rings. The highest BCUT2D eigenvalue weighted by Crippen LogP contribution is 2.36. The van der Waals surface area contributed by atoms with Crippen LogP contribution in [0.5, 0.6) is 0 Å². The normalized spacial score (nSPS) is 43.5. The molecular weight excluding hydrogens is 782 g/mol. The number of carbonyl (C=O) groups excluding carboxylic acids is 2. The van der Waals surface area contributed by atoms with Gasteiger partial charge in [-0.1, -0.05) is 25.7 Å². The Kier molecular flexibility index (Phi) is 19.3. The van der Waals surface area contributed by atoms with Crippen LogP contribution in [0.4, 0.5) is 0 Å². The van der Waals surface area contributed by atoms with E-state index in [1.54, 1.807) is 0 Å². The number of aliphatic hydroxyl groups is 10. The third kappa shape index (κ3) is 12.2. The minimum absolute atomic E-state index is 0.0950. The number of amides is 1. The summed E-state index contributed by atoms with van der Waals surface area (Å²) in [6, 6.07) is -1.34. The van der Waals surface area contributed by atoms with Crippen molar-refractivity contribution in [3.63, 3.8) is 0 Å². The Morgan fingerprint density at radius 1 is 0.552 bits per heavy atom. The average molecular weight is 846 g/mol. The molecule has 22 nitrogen and oxygen atoms in total. The molecule has 4 heterocycles. The molecule has 0 aliphatic carbocycles. The topological polar surface area (TPSA) is 332 Å². The Hall–Kier alpha value is -1.78. The molecule has 338 valence electrons. The van der Waals surface area contributed by atoms with Crippen molar-refractivity contribution in [1.82, 2.24) is 5.32 Å². The average Bonchev–Trinajstić information content (AvgIpc) is 3.20. The van der Waals surface area contributed by atoms with E-state index in [-0.39, 0.29) is 12.6 Å². The largest absolute Gasteiger partial charge is 0.469 e. The number of rotatable bonds is 19. The van der Waals surface area contributed by atoms with E-state index >= 15 is 0 Å². The molecule has 0 spiro atoms.